The maximum Gasteiger partial charge on any atom is 0.0541 e. The Bertz CT molecular complexity index is 3920. The summed E-state index contributed by atoms with van der Waals surface area (Å²) < 4.78 is 2.46. The zero-order valence-corrected chi connectivity index (χ0v) is 38.7. The molecule has 0 bridgehead atoms. The number of para-hydroxylation sites is 4. The van der Waals surface area contributed by atoms with Crippen molar-refractivity contribution < 1.29 is 0 Å². The lowest BCUT2D eigenvalue weighted by Crippen LogP contribution is -2.12. The summed E-state index contributed by atoms with van der Waals surface area (Å²) in [4.78, 5) is 2.46. The maximum absolute atomic E-state index is 2.46. The van der Waals surface area contributed by atoms with E-state index < -0.39 is 0 Å². The Labute approximate surface area is 409 Å². The van der Waals surface area contributed by atoms with Gasteiger partial charge in [0.15, 0.2) is 0 Å². The Kier molecular flexibility index (Phi) is 10.4. The molecule has 2 nitrogen and oxygen atoms in total. The van der Waals surface area contributed by atoms with Crippen molar-refractivity contribution >= 4 is 66.0 Å². The van der Waals surface area contributed by atoms with Gasteiger partial charge >= 0.3 is 0 Å². The highest BCUT2D eigenvalue weighted by atomic mass is 15.1. The van der Waals surface area contributed by atoms with Crippen LogP contribution in [0.1, 0.15) is 23.5 Å². The predicted octanol–water partition coefficient (Wildman–Crippen LogP) is 18.7. The molecule has 1 heterocycles. The van der Waals surface area contributed by atoms with Crippen LogP contribution in [0.25, 0.3) is 88.0 Å². The molecule has 0 saturated heterocycles. The largest absolute Gasteiger partial charge is 0.310 e. The number of fused-ring (bicyclic) bond motifs is 6. The summed E-state index contributed by atoms with van der Waals surface area (Å²) >= 11 is 0. The van der Waals surface area contributed by atoms with Crippen LogP contribution in [0, 0.1) is 0 Å². The van der Waals surface area contributed by atoms with Crippen molar-refractivity contribution in [3.05, 3.63) is 284 Å². The van der Waals surface area contributed by atoms with Crippen LogP contribution < -0.4 is 4.90 Å². The molecule has 1 atom stereocenters. The normalized spacial score (nSPS) is 13.5. The maximum atomic E-state index is 2.46. The van der Waals surface area contributed by atoms with Crippen LogP contribution in [0.4, 0.5) is 17.1 Å². The molecule has 70 heavy (non-hydrogen) atoms. The molecule has 330 valence electrons. The summed E-state index contributed by atoms with van der Waals surface area (Å²) in [5, 5.41) is 7.42. The van der Waals surface area contributed by atoms with Crippen LogP contribution in [-0.2, 0) is 0 Å². The first-order valence-corrected chi connectivity index (χ1v) is 24.4. The van der Waals surface area contributed by atoms with Crippen LogP contribution in [0.3, 0.4) is 0 Å². The minimum absolute atomic E-state index is 0.299. The summed E-state index contributed by atoms with van der Waals surface area (Å²) in [6.07, 6.45) is 8.01. The Morgan fingerprint density at radius 3 is 1.66 bits per heavy atom. The first-order chi connectivity index (χ1) is 34.7. The highest BCUT2D eigenvalue weighted by molar-refractivity contribution is 6.16. The van der Waals surface area contributed by atoms with Gasteiger partial charge in [0.2, 0.25) is 0 Å². The second-order valence-corrected chi connectivity index (χ2v) is 18.3. The molecule has 12 aromatic rings. The molecule has 13 rings (SSSR count). The average Bonchev–Trinajstić information content (AvgIpc) is 3.78. The third-order valence-electron chi connectivity index (χ3n) is 14.4. The summed E-state index contributed by atoms with van der Waals surface area (Å²) in [5.74, 6) is 0.299. The average molecular weight is 893 g/mol. The fourth-order valence-electron chi connectivity index (χ4n) is 11.0. The molecule has 1 aliphatic carbocycles. The van der Waals surface area contributed by atoms with E-state index in [1.165, 1.54) is 93.4 Å². The SMILES string of the molecule is C1=CC(c2ccc(N(c3ccc(-c4ccccc4-n4c5ccccc5c5ccccc54)c(-c4cc5ccccc5c5ccccc45)c3)c3ccccc3-c3ccccc3)cc2)CC=C1c1ccccc1. The van der Waals surface area contributed by atoms with E-state index in [2.05, 4.69) is 282 Å². The van der Waals surface area contributed by atoms with E-state index in [-0.39, 0.29) is 0 Å². The molecule has 2 heteroatoms. The zero-order valence-electron chi connectivity index (χ0n) is 38.7. The van der Waals surface area contributed by atoms with Crippen LogP contribution >= 0.6 is 0 Å². The minimum Gasteiger partial charge on any atom is -0.310 e. The van der Waals surface area contributed by atoms with Crippen molar-refractivity contribution in [1.29, 1.82) is 0 Å². The molecule has 1 aromatic heterocycles. The first kappa shape index (κ1) is 41.2. The molecule has 1 unspecified atom stereocenters. The summed E-state index contributed by atoms with van der Waals surface area (Å²) in [5.41, 5.74) is 17.7. The molecule has 0 amide bonds. The van der Waals surface area contributed by atoms with Crippen molar-refractivity contribution in [3.8, 4) is 39.1 Å². The smallest absolute Gasteiger partial charge is 0.0541 e. The number of nitrogens with zero attached hydrogens (tertiary/aromatic N) is 2. The Hall–Kier alpha value is -8.98. The molecule has 11 aromatic carbocycles. The monoisotopic (exact) mass is 892 g/mol. The van der Waals surface area contributed by atoms with Crippen LogP contribution in [-0.4, -0.2) is 4.57 Å². The second kappa shape index (κ2) is 17.6. The lowest BCUT2D eigenvalue weighted by Gasteiger charge is -2.29. The fourth-order valence-corrected chi connectivity index (χ4v) is 11.0. The molecule has 0 radical (unpaired) electrons. The van der Waals surface area contributed by atoms with E-state index in [4.69, 9.17) is 0 Å². The highest BCUT2D eigenvalue weighted by Crippen LogP contribution is 2.48. The fraction of sp³-hybridized carbons (Fsp3) is 0.0294. The Balaban J connectivity index is 1.03. The third kappa shape index (κ3) is 7.21. The van der Waals surface area contributed by atoms with Gasteiger partial charge in [-0.1, -0.05) is 218 Å². The van der Waals surface area contributed by atoms with E-state index >= 15 is 0 Å². The van der Waals surface area contributed by atoms with Gasteiger partial charge in [-0.05, 0) is 122 Å². The van der Waals surface area contributed by atoms with E-state index in [1.807, 2.05) is 0 Å². The standard InChI is InChI=1S/C68H48N2/c1-3-19-47(20-4-1)48-35-37-49(38-36-48)50-39-41-53(42-40-50)69(65-31-15-11-25-56(65)51-21-5-2-6-22-51)54-43-44-59(64(46-54)63-45-52-23-7-8-24-55(52)57-26-9-10-27-58(57)63)60-28-12-16-32-66(60)70-67-33-17-13-29-61(67)62-30-14-18-34-68(62)70/h1-37,39-46,49H,38H2. The van der Waals surface area contributed by atoms with Crippen molar-refractivity contribution in [1.82, 2.24) is 4.57 Å². The molecule has 0 saturated carbocycles. The van der Waals surface area contributed by atoms with Crippen LogP contribution in [0.15, 0.2) is 273 Å². The van der Waals surface area contributed by atoms with Crippen molar-refractivity contribution in [2.45, 2.75) is 12.3 Å². The molecule has 0 fully saturated rings. The number of rotatable bonds is 9. The van der Waals surface area contributed by atoms with Gasteiger partial charge in [0.05, 0.1) is 22.4 Å². The van der Waals surface area contributed by atoms with Gasteiger partial charge in [0.1, 0.15) is 0 Å². The number of aromatic nitrogens is 1. The predicted molar refractivity (Wildman–Crippen MR) is 298 cm³/mol. The topological polar surface area (TPSA) is 8.17 Å². The zero-order chi connectivity index (χ0) is 46.4. The Morgan fingerprint density at radius 1 is 0.371 bits per heavy atom. The van der Waals surface area contributed by atoms with E-state index in [1.54, 1.807) is 0 Å². The lowest BCUT2D eigenvalue weighted by atomic mass is 9.87. The third-order valence-corrected chi connectivity index (χ3v) is 14.4. The summed E-state index contributed by atoms with van der Waals surface area (Å²) in [6, 6.07) is 93.5. The number of hydrogen-bond donors (Lipinski definition) is 0. The number of allylic oxidation sites excluding steroid dienone is 4. The van der Waals surface area contributed by atoms with Crippen LogP contribution in [0.5, 0.6) is 0 Å². The molecular formula is C68H48N2. The second-order valence-electron chi connectivity index (χ2n) is 18.3. The minimum atomic E-state index is 0.299. The van der Waals surface area contributed by atoms with E-state index in [0.29, 0.717) is 5.92 Å². The van der Waals surface area contributed by atoms with E-state index in [9.17, 15) is 0 Å². The van der Waals surface area contributed by atoms with Gasteiger partial charge in [-0.2, -0.15) is 0 Å². The Morgan fingerprint density at radius 2 is 0.943 bits per heavy atom. The van der Waals surface area contributed by atoms with E-state index in [0.717, 1.165) is 29.2 Å². The van der Waals surface area contributed by atoms with Crippen molar-refractivity contribution in [3.63, 3.8) is 0 Å². The van der Waals surface area contributed by atoms with Gasteiger partial charge < -0.3 is 9.47 Å². The number of benzene rings is 11. The van der Waals surface area contributed by atoms with Gasteiger partial charge in [-0.3, -0.25) is 0 Å². The molecule has 0 N–H and O–H groups in total. The van der Waals surface area contributed by atoms with Crippen molar-refractivity contribution in [2.75, 3.05) is 4.90 Å². The molecule has 0 spiro atoms. The molecule has 1 aliphatic rings. The highest BCUT2D eigenvalue weighted by Gasteiger charge is 2.24. The number of anilines is 3. The van der Waals surface area contributed by atoms with Crippen LogP contribution in [0.2, 0.25) is 0 Å². The molecular weight excluding hydrogens is 845 g/mol. The van der Waals surface area contributed by atoms with Gasteiger partial charge in [-0.15, -0.1) is 0 Å². The quantitative estimate of drug-likeness (QED) is 0.131. The number of hydrogen-bond acceptors (Lipinski definition) is 1. The first-order valence-electron chi connectivity index (χ1n) is 24.4. The molecule has 0 aliphatic heterocycles. The van der Waals surface area contributed by atoms with Crippen molar-refractivity contribution in [2.24, 2.45) is 0 Å². The van der Waals surface area contributed by atoms with Gasteiger partial charge in [0.25, 0.3) is 0 Å². The summed E-state index contributed by atoms with van der Waals surface area (Å²) in [6.45, 7) is 0. The summed E-state index contributed by atoms with van der Waals surface area (Å²) in [7, 11) is 0. The van der Waals surface area contributed by atoms with Gasteiger partial charge in [0, 0.05) is 39.2 Å². The lowest BCUT2D eigenvalue weighted by molar-refractivity contribution is 0.856. The van der Waals surface area contributed by atoms with Gasteiger partial charge in [-0.25, -0.2) is 0 Å².